The van der Waals surface area contributed by atoms with Crippen molar-refractivity contribution in [1.29, 1.82) is 0 Å². The van der Waals surface area contributed by atoms with Gasteiger partial charge in [-0.25, -0.2) is 9.79 Å². The number of halogens is 1. The first-order valence-corrected chi connectivity index (χ1v) is 8.39. The van der Waals surface area contributed by atoms with Gasteiger partial charge in [-0.05, 0) is 45.3 Å². The van der Waals surface area contributed by atoms with E-state index in [4.69, 9.17) is 14.2 Å². The van der Waals surface area contributed by atoms with Crippen LogP contribution in [0.15, 0.2) is 57.6 Å². The number of nitrogens with zero attached hydrogens (tertiary/aromatic N) is 1. The van der Waals surface area contributed by atoms with Gasteiger partial charge < -0.3 is 14.2 Å². The van der Waals surface area contributed by atoms with Gasteiger partial charge in [-0.3, -0.25) is 0 Å². The SMILES string of the molecule is COc1cc(/C=C2/N=C(C)OC2=O)cc(Br)c1OCc1ccccc1. The number of cyclic esters (lactones) is 1. The van der Waals surface area contributed by atoms with Gasteiger partial charge in [-0.2, -0.15) is 0 Å². The van der Waals surface area contributed by atoms with Gasteiger partial charge in [0.15, 0.2) is 23.1 Å². The van der Waals surface area contributed by atoms with Crippen LogP contribution in [0.25, 0.3) is 6.08 Å². The van der Waals surface area contributed by atoms with Gasteiger partial charge in [0.05, 0.1) is 11.6 Å². The van der Waals surface area contributed by atoms with Gasteiger partial charge in [0, 0.05) is 6.92 Å². The lowest BCUT2D eigenvalue weighted by atomic mass is 10.1. The monoisotopic (exact) mass is 401 g/mol. The van der Waals surface area contributed by atoms with E-state index in [1.807, 2.05) is 36.4 Å². The lowest BCUT2D eigenvalue weighted by Gasteiger charge is -2.13. The van der Waals surface area contributed by atoms with Gasteiger partial charge in [0.1, 0.15) is 6.61 Å². The predicted molar refractivity (Wildman–Crippen MR) is 98.6 cm³/mol. The zero-order valence-electron chi connectivity index (χ0n) is 13.8. The molecule has 0 atom stereocenters. The first kappa shape index (κ1) is 17.2. The van der Waals surface area contributed by atoms with Gasteiger partial charge in [0.2, 0.25) is 0 Å². The van der Waals surface area contributed by atoms with Crippen LogP contribution in [0, 0.1) is 0 Å². The molecular formula is C19H16BrNO4. The zero-order valence-corrected chi connectivity index (χ0v) is 15.4. The summed E-state index contributed by atoms with van der Waals surface area (Å²) < 4.78 is 17.0. The van der Waals surface area contributed by atoms with Crippen molar-refractivity contribution >= 4 is 33.9 Å². The average molecular weight is 402 g/mol. The van der Waals surface area contributed by atoms with E-state index in [0.717, 1.165) is 15.6 Å². The second-order valence-electron chi connectivity index (χ2n) is 5.36. The van der Waals surface area contributed by atoms with Crippen molar-refractivity contribution in [2.75, 3.05) is 7.11 Å². The minimum Gasteiger partial charge on any atom is -0.493 e. The van der Waals surface area contributed by atoms with Crippen LogP contribution in [0.5, 0.6) is 11.5 Å². The molecule has 0 N–H and O–H groups in total. The molecule has 1 aliphatic rings. The van der Waals surface area contributed by atoms with Gasteiger partial charge in [0.25, 0.3) is 0 Å². The molecule has 5 nitrogen and oxygen atoms in total. The largest absolute Gasteiger partial charge is 0.493 e. The van der Waals surface area contributed by atoms with Crippen LogP contribution in [0.4, 0.5) is 0 Å². The van der Waals surface area contributed by atoms with Crippen LogP contribution in [-0.4, -0.2) is 19.0 Å². The highest BCUT2D eigenvalue weighted by Gasteiger charge is 2.20. The van der Waals surface area contributed by atoms with E-state index in [1.54, 1.807) is 26.2 Å². The predicted octanol–water partition coefficient (Wildman–Crippen LogP) is 4.35. The molecule has 0 aromatic heterocycles. The number of rotatable bonds is 5. The first-order chi connectivity index (χ1) is 12.1. The van der Waals surface area contributed by atoms with E-state index >= 15 is 0 Å². The fourth-order valence-corrected chi connectivity index (χ4v) is 2.94. The second-order valence-corrected chi connectivity index (χ2v) is 6.21. The van der Waals surface area contributed by atoms with Crippen LogP contribution < -0.4 is 9.47 Å². The number of methoxy groups -OCH3 is 1. The molecule has 0 saturated heterocycles. The molecule has 0 bridgehead atoms. The van der Waals surface area contributed by atoms with Crippen LogP contribution in [0.3, 0.4) is 0 Å². The number of carbonyl (C=O) groups is 1. The Morgan fingerprint density at radius 3 is 2.64 bits per heavy atom. The topological polar surface area (TPSA) is 57.1 Å². The summed E-state index contributed by atoms with van der Waals surface area (Å²) in [6.45, 7) is 2.06. The Bertz CT molecular complexity index is 859. The number of carbonyl (C=O) groups excluding carboxylic acids is 1. The van der Waals surface area contributed by atoms with Crippen molar-refractivity contribution in [2.45, 2.75) is 13.5 Å². The molecule has 1 aliphatic heterocycles. The van der Waals surface area contributed by atoms with Crippen molar-refractivity contribution in [3.05, 3.63) is 63.8 Å². The normalized spacial score (nSPS) is 15.1. The van der Waals surface area contributed by atoms with E-state index in [2.05, 4.69) is 20.9 Å². The summed E-state index contributed by atoms with van der Waals surface area (Å²) in [6.07, 6.45) is 1.65. The Morgan fingerprint density at radius 2 is 2.00 bits per heavy atom. The molecule has 25 heavy (non-hydrogen) atoms. The maximum Gasteiger partial charge on any atom is 0.363 e. The van der Waals surface area contributed by atoms with E-state index < -0.39 is 5.97 Å². The highest BCUT2D eigenvalue weighted by atomic mass is 79.9. The molecule has 0 spiro atoms. The maximum atomic E-state index is 11.7. The van der Waals surface area contributed by atoms with Crippen LogP contribution in [-0.2, 0) is 16.1 Å². The van der Waals surface area contributed by atoms with Crippen LogP contribution in [0.2, 0.25) is 0 Å². The molecule has 2 aromatic carbocycles. The van der Waals surface area contributed by atoms with Crippen molar-refractivity contribution in [3.8, 4) is 11.5 Å². The Labute approximate surface area is 154 Å². The van der Waals surface area contributed by atoms with Gasteiger partial charge in [-0.15, -0.1) is 0 Å². The van der Waals surface area contributed by atoms with Crippen molar-refractivity contribution in [2.24, 2.45) is 4.99 Å². The molecule has 0 radical (unpaired) electrons. The minimum absolute atomic E-state index is 0.254. The lowest BCUT2D eigenvalue weighted by molar-refractivity contribution is -0.130. The molecule has 0 fully saturated rings. The molecule has 0 unspecified atom stereocenters. The molecule has 6 heteroatoms. The number of hydrogen-bond acceptors (Lipinski definition) is 5. The lowest BCUT2D eigenvalue weighted by Crippen LogP contribution is -2.00. The first-order valence-electron chi connectivity index (χ1n) is 7.60. The van der Waals surface area contributed by atoms with E-state index in [-0.39, 0.29) is 5.70 Å². The molecule has 0 aliphatic carbocycles. The molecular weight excluding hydrogens is 386 g/mol. The van der Waals surface area contributed by atoms with E-state index in [0.29, 0.717) is 24.0 Å². The molecule has 2 aromatic rings. The summed E-state index contributed by atoms with van der Waals surface area (Å²) in [7, 11) is 1.57. The number of aliphatic imine (C=N–C) groups is 1. The highest BCUT2D eigenvalue weighted by Crippen LogP contribution is 2.38. The standard InChI is InChI=1S/C19H16BrNO4/c1-12-21-16(19(22)25-12)9-14-8-15(20)18(17(10-14)23-2)24-11-13-6-4-3-5-7-13/h3-10H,11H2,1-2H3/b16-9+. The Morgan fingerprint density at radius 1 is 1.24 bits per heavy atom. The summed E-state index contributed by atoms with van der Waals surface area (Å²) in [5.74, 6) is 1.04. The number of ether oxygens (including phenoxy) is 3. The van der Waals surface area contributed by atoms with Crippen molar-refractivity contribution in [3.63, 3.8) is 0 Å². The Hall–Kier alpha value is -2.60. The van der Waals surface area contributed by atoms with E-state index in [1.165, 1.54) is 0 Å². The number of benzene rings is 2. The minimum atomic E-state index is -0.461. The average Bonchev–Trinajstić information content (AvgIpc) is 2.91. The zero-order chi connectivity index (χ0) is 17.8. The Balaban J connectivity index is 1.86. The van der Waals surface area contributed by atoms with Crippen LogP contribution in [0.1, 0.15) is 18.1 Å². The van der Waals surface area contributed by atoms with Crippen molar-refractivity contribution < 1.29 is 19.0 Å². The summed E-state index contributed by atoms with van der Waals surface area (Å²) in [6, 6.07) is 13.5. The number of hydrogen-bond donors (Lipinski definition) is 0. The summed E-state index contributed by atoms with van der Waals surface area (Å²) in [5, 5.41) is 0. The number of esters is 1. The molecule has 0 saturated carbocycles. The summed E-state index contributed by atoms with van der Waals surface area (Å²) >= 11 is 3.50. The fraction of sp³-hybridized carbons (Fsp3) is 0.158. The maximum absolute atomic E-state index is 11.7. The third-order valence-electron chi connectivity index (χ3n) is 3.51. The van der Waals surface area contributed by atoms with Gasteiger partial charge >= 0.3 is 5.97 Å². The molecule has 128 valence electrons. The third kappa shape index (κ3) is 4.09. The van der Waals surface area contributed by atoms with Gasteiger partial charge in [-0.1, -0.05) is 30.3 Å². The summed E-state index contributed by atoms with van der Waals surface area (Å²) in [4.78, 5) is 15.7. The van der Waals surface area contributed by atoms with E-state index in [9.17, 15) is 4.79 Å². The molecule has 3 rings (SSSR count). The van der Waals surface area contributed by atoms with Crippen LogP contribution >= 0.6 is 15.9 Å². The fourth-order valence-electron chi connectivity index (χ4n) is 2.37. The third-order valence-corrected chi connectivity index (χ3v) is 4.10. The molecule has 1 heterocycles. The Kier molecular flexibility index (Phi) is 5.19. The highest BCUT2D eigenvalue weighted by molar-refractivity contribution is 9.10. The van der Waals surface area contributed by atoms with Crippen molar-refractivity contribution in [1.82, 2.24) is 0 Å². The quantitative estimate of drug-likeness (QED) is 0.551. The molecule has 0 amide bonds. The second kappa shape index (κ2) is 7.53. The smallest absolute Gasteiger partial charge is 0.363 e. The summed E-state index contributed by atoms with van der Waals surface area (Å²) in [5.41, 5.74) is 2.06.